The highest BCUT2D eigenvalue weighted by Crippen LogP contribution is 2.22. The van der Waals surface area contributed by atoms with Crippen LogP contribution >= 0.6 is 22.7 Å². The fourth-order valence-corrected chi connectivity index (χ4v) is 6.04. The molecule has 4 aromatic rings. The van der Waals surface area contributed by atoms with Gasteiger partial charge in [-0.05, 0) is 56.7 Å². The molecule has 0 unspecified atom stereocenters. The van der Waals surface area contributed by atoms with E-state index in [1.165, 1.54) is 29.0 Å². The average Bonchev–Trinajstić information content (AvgIpc) is 3.21. The zero-order valence-electron chi connectivity index (χ0n) is 16.1. The molecule has 0 bridgehead atoms. The maximum absolute atomic E-state index is 11.3. The molecule has 0 N–H and O–H groups in total. The highest BCUT2D eigenvalue weighted by Gasteiger charge is 2.09. The number of rotatable bonds is 4. The summed E-state index contributed by atoms with van der Waals surface area (Å²) in [5, 5.41) is 8.98. The first kappa shape index (κ1) is 20.0. The summed E-state index contributed by atoms with van der Waals surface area (Å²) in [6, 6.07) is 10.7. The van der Waals surface area contributed by atoms with Crippen molar-refractivity contribution in [3.05, 3.63) is 51.6 Å². The second-order valence-electron chi connectivity index (χ2n) is 6.51. The molecule has 0 saturated carbocycles. The Morgan fingerprint density at radius 3 is 1.93 bits per heavy atom. The number of thiazole rings is 2. The largest absolute Gasteiger partial charge is 0.744 e. The predicted molar refractivity (Wildman–Crippen MR) is 115 cm³/mol. The van der Waals surface area contributed by atoms with Gasteiger partial charge in [0.25, 0.3) is 0 Å². The van der Waals surface area contributed by atoms with Crippen molar-refractivity contribution in [3.8, 4) is 0 Å². The lowest BCUT2D eigenvalue weighted by atomic mass is 10.2. The van der Waals surface area contributed by atoms with Crippen molar-refractivity contribution in [2.45, 2.75) is 38.8 Å². The monoisotopic (exact) mass is 447 g/mol. The standard InChI is InChI=1S/C19H20N4O3S3/c1-4-22-14-8-6-12(3)10-16(14)27-18(22)20-21-19-23(5-2)15-9-7-13(29(24,25)26)11-17(15)28-19/h6-11H,4-5H2,1-3H3,(H,24,25,26)/p-1/b20-18+,21-19-. The maximum atomic E-state index is 11.3. The van der Waals surface area contributed by atoms with E-state index in [0.717, 1.165) is 27.1 Å². The lowest BCUT2D eigenvalue weighted by Gasteiger charge is -2.06. The Balaban J connectivity index is 1.94. The van der Waals surface area contributed by atoms with Crippen LogP contribution in [0, 0.1) is 6.92 Å². The minimum absolute atomic E-state index is 0.235. The first-order valence-corrected chi connectivity index (χ1v) is 12.1. The first-order chi connectivity index (χ1) is 13.8. The summed E-state index contributed by atoms with van der Waals surface area (Å²) < 4.78 is 39.9. The molecule has 0 fully saturated rings. The SMILES string of the molecule is CCn1/c(=N/N=c2/sc3cc(C)ccc3n2CC)sc2cc(S(=O)(=O)[O-])ccc21. The van der Waals surface area contributed by atoms with E-state index in [9.17, 15) is 13.0 Å². The van der Waals surface area contributed by atoms with Crippen molar-refractivity contribution in [2.75, 3.05) is 0 Å². The van der Waals surface area contributed by atoms with Crippen LogP contribution in [0.3, 0.4) is 0 Å². The van der Waals surface area contributed by atoms with Crippen LogP contribution in [0.2, 0.25) is 0 Å². The van der Waals surface area contributed by atoms with E-state index < -0.39 is 10.1 Å². The molecule has 2 heterocycles. The Hall–Kier alpha value is -2.27. The number of fused-ring (bicyclic) bond motifs is 2. The molecule has 29 heavy (non-hydrogen) atoms. The summed E-state index contributed by atoms with van der Waals surface area (Å²) >= 11 is 2.90. The molecule has 0 aliphatic heterocycles. The normalized spacial score (nSPS) is 13.8. The van der Waals surface area contributed by atoms with E-state index in [2.05, 4.69) is 46.8 Å². The van der Waals surface area contributed by atoms with Gasteiger partial charge in [-0.2, -0.15) is 0 Å². The zero-order valence-corrected chi connectivity index (χ0v) is 18.6. The molecular formula is C19H19N4O3S3-. The molecule has 2 aromatic heterocycles. The Labute approximate surface area is 175 Å². The highest BCUT2D eigenvalue weighted by molar-refractivity contribution is 7.85. The molecule has 0 saturated heterocycles. The predicted octanol–water partition coefficient (Wildman–Crippen LogP) is 3.39. The Morgan fingerprint density at radius 2 is 1.41 bits per heavy atom. The fourth-order valence-electron chi connectivity index (χ4n) is 3.24. The number of nitrogens with zero attached hydrogens (tertiary/aromatic N) is 4. The summed E-state index contributed by atoms with van der Waals surface area (Å²) in [5.41, 5.74) is 3.15. The van der Waals surface area contributed by atoms with Crippen LogP contribution in [-0.4, -0.2) is 22.1 Å². The van der Waals surface area contributed by atoms with Crippen molar-refractivity contribution >= 4 is 53.2 Å². The van der Waals surface area contributed by atoms with Gasteiger partial charge in [0.1, 0.15) is 10.1 Å². The topological polar surface area (TPSA) is 91.8 Å². The molecule has 2 aromatic carbocycles. The van der Waals surface area contributed by atoms with Crippen molar-refractivity contribution < 1.29 is 13.0 Å². The Morgan fingerprint density at radius 1 is 0.897 bits per heavy atom. The second-order valence-corrected chi connectivity index (χ2v) is 9.91. The van der Waals surface area contributed by atoms with Gasteiger partial charge in [-0.1, -0.05) is 28.7 Å². The number of hydrogen-bond donors (Lipinski definition) is 0. The minimum Gasteiger partial charge on any atom is -0.744 e. The van der Waals surface area contributed by atoms with Gasteiger partial charge < -0.3 is 13.7 Å². The van der Waals surface area contributed by atoms with E-state index in [-0.39, 0.29) is 4.90 Å². The molecule has 152 valence electrons. The van der Waals surface area contributed by atoms with Crippen molar-refractivity contribution in [2.24, 2.45) is 10.2 Å². The van der Waals surface area contributed by atoms with Gasteiger partial charge in [-0.15, -0.1) is 10.2 Å². The van der Waals surface area contributed by atoms with E-state index in [1.807, 2.05) is 11.5 Å². The Kier molecular flexibility index (Phi) is 5.19. The van der Waals surface area contributed by atoms with Crippen LogP contribution in [0.25, 0.3) is 20.4 Å². The number of aryl methyl sites for hydroxylation is 3. The van der Waals surface area contributed by atoms with Gasteiger partial charge in [0.2, 0.25) is 9.60 Å². The summed E-state index contributed by atoms with van der Waals surface area (Å²) in [6.45, 7) is 7.55. The van der Waals surface area contributed by atoms with Gasteiger partial charge in [-0.3, -0.25) is 0 Å². The quantitative estimate of drug-likeness (QED) is 0.355. The smallest absolute Gasteiger partial charge is 0.211 e. The maximum Gasteiger partial charge on any atom is 0.211 e. The number of benzene rings is 2. The lowest BCUT2D eigenvalue weighted by Crippen LogP contribution is -2.16. The van der Waals surface area contributed by atoms with Crippen LogP contribution in [0.1, 0.15) is 19.4 Å². The van der Waals surface area contributed by atoms with Crippen LogP contribution in [0.15, 0.2) is 51.5 Å². The van der Waals surface area contributed by atoms with Crippen LogP contribution in [-0.2, 0) is 23.2 Å². The molecule has 0 radical (unpaired) electrons. The van der Waals surface area contributed by atoms with E-state index in [0.29, 0.717) is 16.0 Å². The van der Waals surface area contributed by atoms with Crippen molar-refractivity contribution in [3.63, 3.8) is 0 Å². The molecule has 0 atom stereocenters. The first-order valence-electron chi connectivity index (χ1n) is 9.08. The van der Waals surface area contributed by atoms with Crippen molar-refractivity contribution in [1.29, 1.82) is 0 Å². The summed E-state index contributed by atoms with van der Waals surface area (Å²) in [5.74, 6) is 0. The minimum atomic E-state index is -4.50. The third kappa shape index (κ3) is 3.68. The number of aromatic nitrogens is 2. The highest BCUT2D eigenvalue weighted by atomic mass is 32.2. The van der Waals surface area contributed by atoms with E-state index in [4.69, 9.17) is 0 Å². The van der Waals surface area contributed by atoms with Gasteiger partial charge in [0, 0.05) is 13.1 Å². The van der Waals surface area contributed by atoms with Crippen LogP contribution in [0.5, 0.6) is 0 Å². The molecule has 0 amide bonds. The molecule has 0 aliphatic carbocycles. The summed E-state index contributed by atoms with van der Waals surface area (Å²) in [4.78, 5) is 1.22. The third-order valence-corrected chi connectivity index (χ3v) is 7.53. The van der Waals surface area contributed by atoms with E-state index >= 15 is 0 Å². The summed E-state index contributed by atoms with van der Waals surface area (Å²) in [6.07, 6.45) is 0. The molecule has 10 heteroatoms. The molecule has 0 aliphatic rings. The third-order valence-electron chi connectivity index (χ3n) is 4.63. The van der Waals surface area contributed by atoms with Gasteiger partial charge >= 0.3 is 0 Å². The van der Waals surface area contributed by atoms with Gasteiger partial charge in [-0.25, -0.2) is 8.42 Å². The Bertz CT molecular complexity index is 1470. The zero-order chi connectivity index (χ0) is 20.8. The van der Waals surface area contributed by atoms with Crippen LogP contribution in [0.4, 0.5) is 0 Å². The molecular weight excluding hydrogens is 428 g/mol. The fraction of sp³-hybridized carbons (Fsp3) is 0.263. The van der Waals surface area contributed by atoms with E-state index in [1.54, 1.807) is 17.4 Å². The van der Waals surface area contributed by atoms with Crippen molar-refractivity contribution in [1.82, 2.24) is 9.13 Å². The summed E-state index contributed by atoms with van der Waals surface area (Å²) in [7, 11) is -4.50. The average molecular weight is 448 g/mol. The molecule has 4 rings (SSSR count). The van der Waals surface area contributed by atoms with Gasteiger partial charge in [0.15, 0.2) is 0 Å². The molecule has 7 nitrogen and oxygen atoms in total. The molecule has 0 spiro atoms. The van der Waals surface area contributed by atoms with Crippen LogP contribution < -0.4 is 9.60 Å². The second kappa shape index (κ2) is 7.52. The number of hydrogen-bond acceptors (Lipinski definition) is 7. The van der Waals surface area contributed by atoms with Gasteiger partial charge in [0.05, 0.1) is 25.3 Å². The lowest BCUT2D eigenvalue weighted by molar-refractivity contribution is 0.463.